The Bertz CT molecular complexity index is 338. The number of rotatable bonds is 2. The quantitative estimate of drug-likeness (QED) is 0.729. The van der Waals surface area contributed by atoms with Gasteiger partial charge in [-0.15, -0.1) is 0 Å². The first-order chi connectivity index (χ1) is 7.06. The van der Waals surface area contributed by atoms with Gasteiger partial charge in [0.25, 0.3) is 0 Å². The van der Waals surface area contributed by atoms with Gasteiger partial charge in [0.15, 0.2) is 0 Å². The van der Waals surface area contributed by atoms with E-state index in [-0.39, 0.29) is 6.03 Å². The van der Waals surface area contributed by atoms with Crippen LogP contribution in [0.5, 0.6) is 0 Å². The van der Waals surface area contributed by atoms with Gasteiger partial charge in [0.05, 0.1) is 12.8 Å². The van der Waals surface area contributed by atoms with E-state index >= 15 is 0 Å². The summed E-state index contributed by atoms with van der Waals surface area (Å²) in [4.78, 5) is 18.1. The smallest absolute Gasteiger partial charge is 0.329 e. The van der Waals surface area contributed by atoms with Crippen molar-refractivity contribution in [3.8, 4) is 0 Å². The predicted molar refractivity (Wildman–Crippen MR) is 60.0 cm³/mol. The molecule has 1 aromatic carbocycles. The molecule has 1 aromatic rings. The third-order valence-electron chi connectivity index (χ3n) is 1.80. The summed E-state index contributed by atoms with van der Waals surface area (Å²) in [6, 6.07) is 6.58. The highest BCUT2D eigenvalue weighted by Crippen LogP contribution is 2.18. The summed E-state index contributed by atoms with van der Waals surface area (Å²) in [5.74, 6) is 0. The van der Waals surface area contributed by atoms with Crippen LogP contribution in [0.15, 0.2) is 24.3 Å². The van der Waals surface area contributed by atoms with Gasteiger partial charge in [-0.1, -0.05) is 11.6 Å². The van der Waals surface area contributed by atoms with Crippen molar-refractivity contribution in [3.63, 3.8) is 0 Å². The molecule has 5 heteroatoms. The van der Waals surface area contributed by atoms with E-state index in [0.29, 0.717) is 10.7 Å². The number of amides is 2. The van der Waals surface area contributed by atoms with Crippen LogP contribution in [0, 0.1) is 0 Å². The van der Waals surface area contributed by atoms with E-state index in [9.17, 15) is 4.79 Å². The molecule has 0 unspecified atom stereocenters. The topological polar surface area (TPSA) is 32.8 Å². The largest absolute Gasteiger partial charge is 0.348 e. The Hall–Kier alpha value is -1.26. The number of carbonyl (C=O) groups is 1. The van der Waals surface area contributed by atoms with Crippen molar-refractivity contribution in [2.24, 2.45) is 0 Å². The third-order valence-corrected chi connectivity index (χ3v) is 2.05. The minimum absolute atomic E-state index is 0.250. The maximum Gasteiger partial charge on any atom is 0.348 e. The molecule has 82 valence electrons. The van der Waals surface area contributed by atoms with Gasteiger partial charge in [-0.2, -0.15) is 5.06 Å². The lowest BCUT2D eigenvalue weighted by atomic mass is 10.3. The third kappa shape index (κ3) is 2.84. The van der Waals surface area contributed by atoms with Gasteiger partial charge in [-0.25, -0.2) is 4.79 Å². The number of carbonyl (C=O) groups excluding carboxylic acids is 1. The number of anilines is 1. The van der Waals surface area contributed by atoms with Crippen molar-refractivity contribution in [2.45, 2.75) is 0 Å². The summed E-state index contributed by atoms with van der Waals surface area (Å²) in [5, 5.41) is 1.81. The maximum atomic E-state index is 11.7. The Morgan fingerprint density at radius 1 is 1.27 bits per heavy atom. The highest BCUT2D eigenvalue weighted by Gasteiger charge is 2.16. The fraction of sp³-hybridized carbons (Fsp3) is 0.300. The molecular weight excluding hydrogens is 216 g/mol. The van der Waals surface area contributed by atoms with Crippen molar-refractivity contribution < 1.29 is 9.63 Å². The summed E-state index contributed by atoms with van der Waals surface area (Å²) in [5.41, 5.74) is 0.639. The van der Waals surface area contributed by atoms with Crippen LogP contribution < -0.4 is 5.06 Å². The molecule has 0 aliphatic heterocycles. The molecule has 0 fully saturated rings. The standard InChI is InChI=1S/C10H13ClN2O2/c1-12(2)10(14)13(15-3)9-6-4-8(11)5-7-9/h4-7H,1-3H3. The minimum Gasteiger partial charge on any atom is -0.329 e. The van der Waals surface area contributed by atoms with Crippen LogP contribution >= 0.6 is 11.6 Å². The molecule has 0 heterocycles. The van der Waals surface area contributed by atoms with Gasteiger partial charge in [0.1, 0.15) is 0 Å². The Morgan fingerprint density at radius 2 is 1.80 bits per heavy atom. The summed E-state index contributed by atoms with van der Waals surface area (Å²) in [6.07, 6.45) is 0. The Kier molecular flexibility index (Phi) is 3.94. The second-order valence-corrected chi connectivity index (χ2v) is 3.57. The molecule has 0 atom stereocenters. The SMILES string of the molecule is CON(C(=O)N(C)C)c1ccc(Cl)cc1. The Balaban J connectivity index is 2.92. The van der Waals surface area contributed by atoms with E-state index in [1.54, 1.807) is 38.4 Å². The first-order valence-corrected chi connectivity index (χ1v) is 4.75. The van der Waals surface area contributed by atoms with Crippen molar-refractivity contribution in [3.05, 3.63) is 29.3 Å². The van der Waals surface area contributed by atoms with Crippen LogP contribution in [0.4, 0.5) is 10.5 Å². The second kappa shape index (κ2) is 5.00. The van der Waals surface area contributed by atoms with Crippen LogP contribution in [-0.4, -0.2) is 32.1 Å². The van der Waals surface area contributed by atoms with Crippen LogP contribution in [0.2, 0.25) is 5.02 Å². The monoisotopic (exact) mass is 228 g/mol. The van der Waals surface area contributed by atoms with Gasteiger partial charge >= 0.3 is 6.03 Å². The summed E-state index contributed by atoms with van der Waals surface area (Å²) in [7, 11) is 4.75. The van der Waals surface area contributed by atoms with Gasteiger partial charge in [-0.05, 0) is 24.3 Å². The molecule has 0 aromatic heterocycles. The van der Waals surface area contributed by atoms with E-state index in [2.05, 4.69) is 0 Å². The van der Waals surface area contributed by atoms with E-state index < -0.39 is 0 Å². The fourth-order valence-electron chi connectivity index (χ4n) is 1.05. The normalized spacial score (nSPS) is 9.87. The molecule has 0 radical (unpaired) electrons. The fourth-order valence-corrected chi connectivity index (χ4v) is 1.18. The Morgan fingerprint density at radius 3 is 2.20 bits per heavy atom. The maximum absolute atomic E-state index is 11.7. The second-order valence-electron chi connectivity index (χ2n) is 3.13. The highest BCUT2D eigenvalue weighted by atomic mass is 35.5. The number of hydrogen-bond acceptors (Lipinski definition) is 2. The molecule has 4 nitrogen and oxygen atoms in total. The summed E-state index contributed by atoms with van der Waals surface area (Å²) < 4.78 is 0. The predicted octanol–water partition coefficient (Wildman–Crippen LogP) is 2.39. The van der Waals surface area contributed by atoms with Crippen LogP contribution in [0.3, 0.4) is 0 Å². The van der Waals surface area contributed by atoms with Crippen molar-refractivity contribution >= 4 is 23.3 Å². The molecule has 2 amide bonds. The molecule has 1 rings (SSSR count). The molecule has 0 aliphatic rings. The van der Waals surface area contributed by atoms with Gasteiger partial charge in [0, 0.05) is 19.1 Å². The van der Waals surface area contributed by atoms with Crippen LogP contribution in [0.1, 0.15) is 0 Å². The van der Waals surface area contributed by atoms with Crippen LogP contribution in [0.25, 0.3) is 0 Å². The zero-order valence-electron chi connectivity index (χ0n) is 8.90. The van der Waals surface area contributed by atoms with Crippen molar-refractivity contribution in [1.29, 1.82) is 0 Å². The number of hydrogen-bond donors (Lipinski definition) is 0. The van der Waals surface area contributed by atoms with E-state index in [1.165, 1.54) is 17.1 Å². The molecule has 0 saturated carbocycles. The molecule has 15 heavy (non-hydrogen) atoms. The molecule has 0 aliphatic carbocycles. The lowest BCUT2D eigenvalue weighted by Gasteiger charge is -2.23. The molecule has 0 bridgehead atoms. The lowest BCUT2D eigenvalue weighted by Crippen LogP contribution is -2.38. The number of benzene rings is 1. The number of hydroxylamine groups is 1. The first-order valence-electron chi connectivity index (χ1n) is 4.37. The zero-order chi connectivity index (χ0) is 11.4. The first kappa shape index (κ1) is 11.8. The lowest BCUT2D eigenvalue weighted by molar-refractivity contribution is 0.147. The van der Waals surface area contributed by atoms with Gasteiger partial charge in [-0.3, -0.25) is 4.84 Å². The molecular formula is C10H13ClN2O2. The van der Waals surface area contributed by atoms with Crippen molar-refractivity contribution in [1.82, 2.24) is 4.90 Å². The van der Waals surface area contributed by atoms with E-state index in [0.717, 1.165) is 0 Å². The average molecular weight is 229 g/mol. The average Bonchev–Trinajstić information content (AvgIpc) is 2.21. The highest BCUT2D eigenvalue weighted by molar-refractivity contribution is 6.30. The number of halogens is 1. The Labute approximate surface area is 93.9 Å². The number of nitrogens with zero attached hydrogens (tertiary/aromatic N) is 2. The minimum atomic E-state index is -0.250. The van der Waals surface area contributed by atoms with E-state index in [1.807, 2.05) is 0 Å². The zero-order valence-corrected chi connectivity index (χ0v) is 9.65. The molecule has 0 saturated heterocycles. The van der Waals surface area contributed by atoms with Crippen molar-refractivity contribution in [2.75, 3.05) is 26.3 Å². The molecule has 0 N–H and O–H groups in total. The summed E-state index contributed by atoms with van der Waals surface area (Å²) >= 11 is 5.75. The molecule has 0 spiro atoms. The van der Waals surface area contributed by atoms with E-state index in [4.69, 9.17) is 16.4 Å². The van der Waals surface area contributed by atoms with Gasteiger partial charge in [0.2, 0.25) is 0 Å². The van der Waals surface area contributed by atoms with Crippen LogP contribution in [-0.2, 0) is 4.84 Å². The van der Waals surface area contributed by atoms with Gasteiger partial charge < -0.3 is 4.90 Å². The number of urea groups is 1. The summed E-state index contributed by atoms with van der Waals surface area (Å²) in [6.45, 7) is 0.